The Morgan fingerprint density at radius 2 is 1.92 bits per heavy atom. The lowest BCUT2D eigenvalue weighted by atomic mass is 10.0. The highest BCUT2D eigenvalue weighted by Crippen LogP contribution is 2.39. The smallest absolute Gasteiger partial charge is 0.240 e. The largest absolute Gasteiger partial charge is 0.326 e. The van der Waals surface area contributed by atoms with E-state index in [0.717, 1.165) is 24.0 Å². The van der Waals surface area contributed by atoms with E-state index >= 15 is 0 Å². The molecule has 0 spiro atoms. The lowest BCUT2D eigenvalue weighted by Gasteiger charge is -2.28. The molecule has 26 heavy (non-hydrogen) atoms. The lowest BCUT2D eigenvalue weighted by molar-refractivity contribution is -0.133. The van der Waals surface area contributed by atoms with Gasteiger partial charge in [0.05, 0.1) is 12.1 Å². The van der Waals surface area contributed by atoms with Crippen molar-refractivity contribution in [3.63, 3.8) is 0 Å². The Hall–Kier alpha value is -2.17. The van der Waals surface area contributed by atoms with E-state index < -0.39 is 6.04 Å². The fraction of sp³-hybridized carbons (Fsp3) is 0.286. The molecular weight excluding hydrogens is 351 g/mol. The first-order valence-electron chi connectivity index (χ1n) is 8.81. The van der Waals surface area contributed by atoms with Gasteiger partial charge in [-0.15, -0.1) is 0 Å². The zero-order valence-corrected chi connectivity index (χ0v) is 15.0. The molecule has 1 heterocycles. The highest BCUT2D eigenvalue weighted by Gasteiger charge is 2.39. The molecule has 134 valence electrons. The monoisotopic (exact) mass is 370 g/mol. The second-order valence-corrected chi connectivity index (χ2v) is 7.44. The van der Waals surface area contributed by atoms with E-state index in [9.17, 15) is 9.18 Å². The second-order valence-electron chi connectivity index (χ2n) is 7.00. The summed E-state index contributed by atoms with van der Waals surface area (Å²) in [4.78, 5) is 14.7. The van der Waals surface area contributed by atoms with Crippen molar-refractivity contribution in [3.8, 4) is 0 Å². The van der Waals surface area contributed by atoms with Gasteiger partial charge in [0.15, 0.2) is 0 Å². The summed E-state index contributed by atoms with van der Waals surface area (Å²) in [5, 5.41) is 0.470. The van der Waals surface area contributed by atoms with Crippen molar-refractivity contribution in [1.29, 1.82) is 0 Å². The molecule has 1 fully saturated rings. The average molecular weight is 371 g/mol. The van der Waals surface area contributed by atoms with Crippen LogP contribution in [-0.2, 0) is 4.79 Å². The van der Waals surface area contributed by atoms with Crippen LogP contribution in [0.25, 0.3) is 5.57 Å². The third-order valence-corrected chi connectivity index (χ3v) is 5.38. The van der Waals surface area contributed by atoms with E-state index in [0.29, 0.717) is 17.1 Å². The van der Waals surface area contributed by atoms with Crippen LogP contribution in [0.4, 0.5) is 4.39 Å². The van der Waals surface area contributed by atoms with E-state index in [4.69, 9.17) is 17.3 Å². The molecule has 3 nitrogen and oxygen atoms in total. The third-order valence-electron chi connectivity index (χ3n) is 5.15. The molecule has 1 saturated carbocycles. The topological polar surface area (TPSA) is 46.3 Å². The molecule has 1 amide bonds. The molecule has 0 unspecified atom stereocenters. The molecule has 0 saturated heterocycles. The first-order valence-corrected chi connectivity index (χ1v) is 9.19. The van der Waals surface area contributed by atoms with Gasteiger partial charge in [0.25, 0.3) is 0 Å². The Kier molecular flexibility index (Phi) is 4.55. The normalized spacial score (nSPS) is 20.8. The number of halogens is 2. The predicted molar refractivity (Wildman–Crippen MR) is 101 cm³/mol. The molecule has 2 N–H and O–H groups in total. The summed E-state index contributed by atoms with van der Waals surface area (Å²) in [5.41, 5.74) is 8.36. The van der Waals surface area contributed by atoms with Gasteiger partial charge in [0.2, 0.25) is 5.91 Å². The number of nitrogens with two attached hydrogens (primary N) is 1. The molecule has 1 aliphatic heterocycles. The fourth-order valence-electron chi connectivity index (χ4n) is 3.52. The van der Waals surface area contributed by atoms with Crippen molar-refractivity contribution in [1.82, 2.24) is 4.90 Å². The Labute approximate surface area is 157 Å². The van der Waals surface area contributed by atoms with Crippen molar-refractivity contribution in [3.05, 3.63) is 76.6 Å². The van der Waals surface area contributed by atoms with E-state index in [1.54, 1.807) is 11.0 Å². The van der Waals surface area contributed by atoms with Crippen molar-refractivity contribution < 1.29 is 9.18 Å². The van der Waals surface area contributed by atoms with E-state index in [-0.39, 0.29) is 23.7 Å². The minimum absolute atomic E-state index is 0.0740. The summed E-state index contributed by atoms with van der Waals surface area (Å²) in [7, 11) is 0. The van der Waals surface area contributed by atoms with Gasteiger partial charge in [-0.3, -0.25) is 4.79 Å². The minimum atomic E-state index is -0.488. The van der Waals surface area contributed by atoms with Crippen LogP contribution in [0, 0.1) is 11.7 Å². The molecular formula is C21H20ClFN2O. The molecule has 4 rings (SSSR count). The van der Waals surface area contributed by atoms with E-state index in [1.165, 1.54) is 12.1 Å². The Morgan fingerprint density at radius 1 is 1.19 bits per heavy atom. The summed E-state index contributed by atoms with van der Waals surface area (Å²) in [6.45, 7) is 0.329. The Bertz CT molecular complexity index is 864. The summed E-state index contributed by atoms with van der Waals surface area (Å²) in [6.07, 6.45) is 3.95. The van der Waals surface area contributed by atoms with Gasteiger partial charge in [-0.05, 0) is 48.1 Å². The molecule has 0 radical (unpaired) electrons. The third kappa shape index (κ3) is 3.27. The highest BCUT2D eigenvalue weighted by atomic mass is 35.5. The van der Waals surface area contributed by atoms with E-state index in [2.05, 4.69) is 0 Å². The maximum atomic E-state index is 14.3. The van der Waals surface area contributed by atoms with Gasteiger partial charge in [-0.25, -0.2) is 4.39 Å². The van der Waals surface area contributed by atoms with Gasteiger partial charge in [0, 0.05) is 17.1 Å². The van der Waals surface area contributed by atoms with E-state index in [1.807, 2.05) is 36.4 Å². The first kappa shape index (κ1) is 17.3. The van der Waals surface area contributed by atoms with Gasteiger partial charge in [0.1, 0.15) is 5.82 Å². The molecule has 0 aromatic heterocycles. The number of rotatable bonds is 4. The number of amides is 1. The zero-order valence-electron chi connectivity index (χ0n) is 14.2. The molecule has 5 heteroatoms. The number of carbonyl (C=O) groups excluding carboxylic acids is 1. The summed E-state index contributed by atoms with van der Waals surface area (Å²) in [6, 6.07) is 13.5. The number of hydrogen-bond acceptors (Lipinski definition) is 2. The van der Waals surface area contributed by atoms with Gasteiger partial charge < -0.3 is 10.6 Å². The molecule has 2 atom stereocenters. The first-order chi connectivity index (χ1) is 12.5. The average Bonchev–Trinajstić information content (AvgIpc) is 3.41. The van der Waals surface area contributed by atoms with Crippen molar-refractivity contribution in [2.45, 2.75) is 24.9 Å². The van der Waals surface area contributed by atoms with Crippen LogP contribution in [0.2, 0.25) is 5.02 Å². The highest BCUT2D eigenvalue weighted by molar-refractivity contribution is 6.30. The number of benzene rings is 2. The SMILES string of the molecule is N[C@H](C(=O)N1CC(c2cc(Cl)ccc2F)=C[C@H]1c1ccccc1)C1CC1. The van der Waals surface area contributed by atoms with Crippen LogP contribution in [-0.4, -0.2) is 23.4 Å². The molecule has 0 bridgehead atoms. The Balaban J connectivity index is 1.71. The predicted octanol–water partition coefficient (Wildman–Crippen LogP) is 4.18. The maximum Gasteiger partial charge on any atom is 0.240 e. The number of hydrogen-bond donors (Lipinski definition) is 1. The summed E-state index contributed by atoms with van der Waals surface area (Å²) < 4.78 is 14.3. The van der Waals surface area contributed by atoms with Crippen LogP contribution < -0.4 is 5.73 Å². The van der Waals surface area contributed by atoms with Crippen molar-refractivity contribution >= 4 is 23.1 Å². The van der Waals surface area contributed by atoms with Gasteiger partial charge >= 0.3 is 0 Å². The van der Waals surface area contributed by atoms with Crippen molar-refractivity contribution in [2.24, 2.45) is 11.7 Å². The van der Waals surface area contributed by atoms with Crippen LogP contribution in [0.1, 0.15) is 30.0 Å². The minimum Gasteiger partial charge on any atom is -0.326 e. The van der Waals surface area contributed by atoms with Crippen LogP contribution in [0.3, 0.4) is 0 Å². The standard InChI is InChI=1S/C21H20ClFN2O/c22-16-8-9-18(23)17(11-16)15-10-19(13-4-2-1-3-5-13)25(12-15)21(26)20(24)14-6-7-14/h1-5,8-11,14,19-20H,6-7,12,24H2/t19-,20-/m0/s1. The van der Waals surface area contributed by atoms with Crippen LogP contribution >= 0.6 is 11.6 Å². The summed E-state index contributed by atoms with van der Waals surface area (Å²) in [5.74, 6) is -0.144. The Morgan fingerprint density at radius 3 is 2.62 bits per heavy atom. The second kappa shape index (κ2) is 6.86. The molecule has 2 aliphatic rings. The van der Waals surface area contributed by atoms with Crippen LogP contribution in [0.15, 0.2) is 54.6 Å². The lowest BCUT2D eigenvalue weighted by Crippen LogP contribution is -2.45. The fourth-order valence-corrected chi connectivity index (χ4v) is 3.70. The number of carbonyl (C=O) groups is 1. The molecule has 1 aliphatic carbocycles. The quantitative estimate of drug-likeness (QED) is 0.877. The number of nitrogens with zero attached hydrogens (tertiary/aromatic N) is 1. The van der Waals surface area contributed by atoms with Crippen LogP contribution in [0.5, 0.6) is 0 Å². The molecule has 2 aromatic carbocycles. The summed E-state index contributed by atoms with van der Waals surface area (Å²) >= 11 is 6.05. The van der Waals surface area contributed by atoms with Gasteiger partial charge in [-0.1, -0.05) is 48.0 Å². The van der Waals surface area contributed by atoms with Gasteiger partial charge in [-0.2, -0.15) is 0 Å². The zero-order chi connectivity index (χ0) is 18.3. The maximum absolute atomic E-state index is 14.3. The van der Waals surface area contributed by atoms with Crippen molar-refractivity contribution in [2.75, 3.05) is 6.54 Å². The molecule has 2 aromatic rings.